The predicted molar refractivity (Wildman–Crippen MR) is 105 cm³/mol. The van der Waals surface area contributed by atoms with Gasteiger partial charge in [-0.3, -0.25) is 9.69 Å². The van der Waals surface area contributed by atoms with E-state index in [2.05, 4.69) is 35.3 Å². The van der Waals surface area contributed by atoms with Crippen LogP contribution in [0.25, 0.3) is 0 Å². The maximum absolute atomic E-state index is 12.9. The van der Waals surface area contributed by atoms with E-state index in [4.69, 9.17) is 0 Å². The van der Waals surface area contributed by atoms with Gasteiger partial charge in [-0.05, 0) is 49.3 Å². The van der Waals surface area contributed by atoms with Gasteiger partial charge in [-0.15, -0.1) is 0 Å². The SMILES string of the molecule is CCCN1C[C@@H](NC(=O)N2CCc3ccccc3C2)C[C@@H]2CC(=O)CC[C@H]21. The Balaban J connectivity index is 1.39. The normalized spacial score (nSPS) is 28.4. The van der Waals surface area contributed by atoms with Gasteiger partial charge in [0.05, 0.1) is 0 Å². The summed E-state index contributed by atoms with van der Waals surface area (Å²) < 4.78 is 0. The molecule has 2 fully saturated rings. The Morgan fingerprint density at radius 1 is 1.22 bits per heavy atom. The molecule has 1 aromatic rings. The second kappa shape index (κ2) is 8.01. The number of likely N-dealkylation sites (tertiary alicyclic amines) is 1. The number of hydrogen-bond donors (Lipinski definition) is 1. The molecule has 3 atom stereocenters. The smallest absolute Gasteiger partial charge is 0.317 e. The molecule has 2 aliphatic heterocycles. The molecule has 1 aliphatic carbocycles. The lowest BCUT2D eigenvalue weighted by Crippen LogP contribution is -2.58. The van der Waals surface area contributed by atoms with E-state index in [9.17, 15) is 9.59 Å². The Morgan fingerprint density at radius 2 is 2.04 bits per heavy atom. The molecule has 1 aromatic carbocycles. The number of urea groups is 1. The van der Waals surface area contributed by atoms with E-state index >= 15 is 0 Å². The van der Waals surface area contributed by atoms with Crippen LogP contribution in [0.3, 0.4) is 0 Å². The van der Waals surface area contributed by atoms with Gasteiger partial charge in [0.25, 0.3) is 0 Å². The highest BCUT2D eigenvalue weighted by Gasteiger charge is 2.40. The minimum Gasteiger partial charge on any atom is -0.334 e. The summed E-state index contributed by atoms with van der Waals surface area (Å²) in [7, 11) is 0. The molecular formula is C22H31N3O2. The van der Waals surface area contributed by atoms with Gasteiger partial charge in [-0.2, -0.15) is 0 Å². The minimum atomic E-state index is 0.0477. The fourth-order valence-corrected chi connectivity index (χ4v) is 5.24. The van der Waals surface area contributed by atoms with Gasteiger partial charge in [0.2, 0.25) is 0 Å². The summed E-state index contributed by atoms with van der Waals surface area (Å²) in [5.74, 6) is 0.797. The molecule has 0 spiro atoms. The first-order valence-corrected chi connectivity index (χ1v) is 10.5. The second-order valence-electron chi connectivity index (χ2n) is 8.43. The fourth-order valence-electron chi connectivity index (χ4n) is 5.24. The lowest BCUT2D eigenvalue weighted by atomic mass is 9.76. The third kappa shape index (κ3) is 4.03. The molecule has 3 aliphatic rings. The van der Waals surface area contributed by atoms with Crippen LogP contribution >= 0.6 is 0 Å². The van der Waals surface area contributed by atoms with E-state index in [-0.39, 0.29) is 12.1 Å². The molecule has 1 saturated carbocycles. The van der Waals surface area contributed by atoms with Gasteiger partial charge < -0.3 is 10.2 Å². The van der Waals surface area contributed by atoms with Crippen molar-refractivity contribution < 1.29 is 9.59 Å². The summed E-state index contributed by atoms with van der Waals surface area (Å²) in [6, 6.07) is 9.12. The van der Waals surface area contributed by atoms with Crippen LogP contribution in [0.4, 0.5) is 4.79 Å². The van der Waals surface area contributed by atoms with Crippen molar-refractivity contribution in [2.75, 3.05) is 19.6 Å². The summed E-state index contributed by atoms with van der Waals surface area (Å²) in [5.41, 5.74) is 2.62. The van der Waals surface area contributed by atoms with Gasteiger partial charge in [-0.25, -0.2) is 4.79 Å². The molecule has 5 heteroatoms. The van der Waals surface area contributed by atoms with Crippen molar-refractivity contribution in [2.24, 2.45) is 5.92 Å². The molecule has 5 nitrogen and oxygen atoms in total. The van der Waals surface area contributed by atoms with Crippen molar-refractivity contribution in [3.63, 3.8) is 0 Å². The Hall–Kier alpha value is -1.88. The summed E-state index contributed by atoms with van der Waals surface area (Å²) in [5, 5.41) is 3.29. The number of carbonyl (C=O) groups is 2. The number of carbonyl (C=O) groups excluding carboxylic acids is 2. The number of nitrogens with zero attached hydrogens (tertiary/aromatic N) is 2. The molecule has 1 N–H and O–H groups in total. The molecule has 0 unspecified atom stereocenters. The molecule has 0 radical (unpaired) electrons. The first kappa shape index (κ1) is 18.5. The summed E-state index contributed by atoms with van der Waals surface area (Å²) in [6.07, 6.45) is 5.38. The fraction of sp³-hybridized carbons (Fsp3) is 0.636. The number of piperidine rings is 1. The number of nitrogens with one attached hydrogen (secondary N) is 1. The standard InChI is InChI=1S/C22H31N3O2/c1-2-10-24-15-19(12-18-13-20(26)7-8-21(18)24)23-22(27)25-11-9-16-5-3-4-6-17(16)14-25/h3-6,18-19,21H,2,7-15H2,1H3,(H,23,27)/t18-,19+,21-/m1/s1. The van der Waals surface area contributed by atoms with Crippen LogP contribution in [-0.2, 0) is 17.8 Å². The molecule has 2 heterocycles. The van der Waals surface area contributed by atoms with E-state index < -0.39 is 0 Å². The first-order valence-electron chi connectivity index (χ1n) is 10.5. The highest BCUT2D eigenvalue weighted by atomic mass is 16.2. The third-order valence-corrected chi connectivity index (χ3v) is 6.52. The largest absolute Gasteiger partial charge is 0.334 e. The van der Waals surface area contributed by atoms with Crippen molar-refractivity contribution in [1.82, 2.24) is 15.1 Å². The molecule has 4 rings (SSSR count). The van der Waals surface area contributed by atoms with E-state index in [1.807, 2.05) is 11.0 Å². The number of fused-ring (bicyclic) bond motifs is 2. The maximum atomic E-state index is 12.9. The molecular weight excluding hydrogens is 338 g/mol. The number of benzene rings is 1. The predicted octanol–water partition coefficient (Wildman–Crippen LogP) is 2.98. The number of Topliss-reactive ketones (excluding diaryl/α,β-unsaturated/α-hetero) is 1. The Labute approximate surface area is 162 Å². The van der Waals surface area contributed by atoms with Crippen LogP contribution in [0.5, 0.6) is 0 Å². The molecule has 0 bridgehead atoms. The number of hydrogen-bond acceptors (Lipinski definition) is 3. The van der Waals surface area contributed by atoms with Crippen molar-refractivity contribution in [1.29, 1.82) is 0 Å². The van der Waals surface area contributed by atoms with Gasteiger partial charge in [0.1, 0.15) is 5.78 Å². The molecule has 27 heavy (non-hydrogen) atoms. The molecule has 1 saturated heterocycles. The van der Waals surface area contributed by atoms with Crippen molar-refractivity contribution in [2.45, 2.75) is 64.1 Å². The van der Waals surface area contributed by atoms with E-state index in [0.717, 1.165) is 51.7 Å². The summed E-state index contributed by atoms with van der Waals surface area (Å²) >= 11 is 0. The van der Waals surface area contributed by atoms with Crippen molar-refractivity contribution >= 4 is 11.8 Å². The van der Waals surface area contributed by atoms with E-state index in [1.54, 1.807) is 0 Å². The van der Waals surface area contributed by atoms with Crippen molar-refractivity contribution in [3.8, 4) is 0 Å². The van der Waals surface area contributed by atoms with Crippen LogP contribution in [0, 0.1) is 5.92 Å². The van der Waals surface area contributed by atoms with Crippen LogP contribution in [0.1, 0.15) is 50.2 Å². The zero-order valence-corrected chi connectivity index (χ0v) is 16.3. The number of amides is 2. The summed E-state index contributed by atoms with van der Waals surface area (Å²) in [6.45, 7) is 5.64. The van der Waals surface area contributed by atoms with Gasteiger partial charge in [0.15, 0.2) is 0 Å². The van der Waals surface area contributed by atoms with Crippen LogP contribution < -0.4 is 5.32 Å². The van der Waals surface area contributed by atoms with Gasteiger partial charge in [-0.1, -0.05) is 31.2 Å². The average molecular weight is 370 g/mol. The number of ketones is 1. The van der Waals surface area contributed by atoms with Crippen LogP contribution in [-0.4, -0.2) is 53.3 Å². The zero-order valence-electron chi connectivity index (χ0n) is 16.3. The maximum Gasteiger partial charge on any atom is 0.317 e. The van der Waals surface area contributed by atoms with Crippen molar-refractivity contribution in [3.05, 3.63) is 35.4 Å². The molecule has 2 amide bonds. The molecule has 146 valence electrons. The number of rotatable bonds is 3. The Bertz CT molecular complexity index is 705. The van der Waals surface area contributed by atoms with E-state index in [0.29, 0.717) is 30.7 Å². The average Bonchev–Trinajstić information content (AvgIpc) is 2.67. The minimum absolute atomic E-state index is 0.0477. The lowest BCUT2D eigenvalue weighted by molar-refractivity contribution is -0.124. The van der Waals surface area contributed by atoms with E-state index in [1.165, 1.54) is 11.1 Å². The van der Waals surface area contributed by atoms with Gasteiger partial charge >= 0.3 is 6.03 Å². The zero-order chi connectivity index (χ0) is 18.8. The summed E-state index contributed by atoms with van der Waals surface area (Å²) in [4.78, 5) is 29.3. The third-order valence-electron chi connectivity index (χ3n) is 6.52. The monoisotopic (exact) mass is 369 g/mol. The van der Waals surface area contributed by atoms with Crippen LogP contribution in [0.2, 0.25) is 0 Å². The van der Waals surface area contributed by atoms with Crippen LogP contribution in [0.15, 0.2) is 24.3 Å². The molecule has 0 aromatic heterocycles. The Morgan fingerprint density at radius 3 is 2.85 bits per heavy atom. The highest BCUT2D eigenvalue weighted by molar-refractivity contribution is 5.79. The first-order chi connectivity index (χ1) is 13.1. The highest BCUT2D eigenvalue weighted by Crippen LogP contribution is 2.34. The quantitative estimate of drug-likeness (QED) is 0.891. The Kier molecular flexibility index (Phi) is 5.48. The topological polar surface area (TPSA) is 52.7 Å². The second-order valence-corrected chi connectivity index (χ2v) is 8.43. The van der Waals surface area contributed by atoms with Gasteiger partial charge in [0, 0.05) is 44.6 Å². The lowest BCUT2D eigenvalue weighted by Gasteiger charge is -2.47.